The maximum absolute atomic E-state index is 14.1. The first-order valence-corrected chi connectivity index (χ1v) is 12.3. The molecule has 3 heterocycles. The van der Waals surface area contributed by atoms with Crippen LogP contribution in [0.15, 0.2) is 54.4 Å². The van der Waals surface area contributed by atoms with Crippen LogP contribution >= 0.6 is 11.3 Å². The highest BCUT2D eigenvalue weighted by Gasteiger charge is 2.36. The Morgan fingerprint density at radius 1 is 1.20 bits per heavy atom. The monoisotopic (exact) mass is 494 g/mol. The summed E-state index contributed by atoms with van der Waals surface area (Å²) in [5.41, 5.74) is 8.40. The van der Waals surface area contributed by atoms with Gasteiger partial charge in [0.2, 0.25) is 0 Å². The van der Waals surface area contributed by atoms with Crippen LogP contribution in [0, 0.1) is 17.6 Å². The predicted molar refractivity (Wildman–Crippen MR) is 128 cm³/mol. The molecule has 1 aliphatic rings. The van der Waals surface area contributed by atoms with Crippen molar-refractivity contribution in [2.75, 3.05) is 0 Å². The largest absolute Gasteiger partial charge is 0.326 e. The van der Waals surface area contributed by atoms with Crippen molar-refractivity contribution in [3.05, 3.63) is 82.9 Å². The van der Waals surface area contributed by atoms with Gasteiger partial charge in [0.15, 0.2) is 5.78 Å². The number of aromatic nitrogens is 5. The molecule has 1 aromatic carbocycles. The average Bonchev–Trinajstić information content (AvgIpc) is 3.52. The highest BCUT2D eigenvalue weighted by atomic mass is 32.1. The van der Waals surface area contributed by atoms with Crippen LogP contribution in [-0.2, 0) is 6.42 Å². The minimum absolute atomic E-state index is 0.0628. The van der Waals surface area contributed by atoms with Gasteiger partial charge in [0.1, 0.15) is 22.3 Å². The lowest BCUT2D eigenvalue weighted by atomic mass is 9.72. The number of hydrogen-bond donors (Lipinski definition) is 1. The van der Waals surface area contributed by atoms with Crippen molar-refractivity contribution >= 4 is 17.1 Å². The van der Waals surface area contributed by atoms with Crippen LogP contribution in [0.4, 0.5) is 8.78 Å². The number of nitrogens with two attached hydrogens (primary N) is 1. The molecule has 0 aliphatic heterocycles. The van der Waals surface area contributed by atoms with Gasteiger partial charge < -0.3 is 5.73 Å². The molecule has 35 heavy (non-hydrogen) atoms. The molecule has 4 aromatic rings. The van der Waals surface area contributed by atoms with E-state index in [2.05, 4.69) is 27.2 Å². The van der Waals surface area contributed by atoms with Gasteiger partial charge in [0.05, 0.1) is 17.8 Å². The number of Topliss-reactive ketones (excluding diaryl/α,β-unsaturated/α-hetero) is 1. The molecule has 7 nitrogen and oxygen atoms in total. The summed E-state index contributed by atoms with van der Waals surface area (Å²) >= 11 is 1.04. The van der Waals surface area contributed by atoms with Gasteiger partial charge in [0, 0.05) is 36.4 Å². The van der Waals surface area contributed by atoms with Gasteiger partial charge >= 0.3 is 0 Å². The number of rotatable bonds is 6. The Labute approximate surface area is 205 Å². The van der Waals surface area contributed by atoms with E-state index < -0.39 is 11.6 Å². The number of carbonyl (C=O) groups is 1. The number of nitrogens with zero attached hydrogens (tertiary/aromatic N) is 5. The van der Waals surface area contributed by atoms with Gasteiger partial charge in [-0.05, 0) is 54.0 Å². The molecule has 0 bridgehead atoms. The Hall–Kier alpha value is -3.37. The van der Waals surface area contributed by atoms with E-state index >= 15 is 0 Å². The fraction of sp³-hybridized carbons (Fsp3) is 0.320. The molecule has 1 aliphatic carbocycles. The molecule has 0 amide bonds. The second-order valence-electron chi connectivity index (χ2n) is 8.99. The maximum atomic E-state index is 14.1. The first-order valence-electron chi connectivity index (χ1n) is 11.4. The van der Waals surface area contributed by atoms with Crippen LogP contribution in [0.25, 0.3) is 10.6 Å². The third-order valence-electron chi connectivity index (χ3n) is 6.68. The van der Waals surface area contributed by atoms with Crippen molar-refractivity contribution in [2.24, 2.45) is 11.7 Å². The highest BCUT2D eigenvalue weighted by molar-refractivity contribution is 7.13. The Morgan fingerprint density at radius 2 is 2.00 bits per heavy atom. The van der Waals surface area contributed by atoms with Gasteiger partial charge in [-0.1, -0.05) is 18.2 Å². The number of benzene rings is 1. The average molecular weight is 495 g/mol. The molecule has 3 aromatic heterocycles. The van der Waals surface area contributed by atoms with Crippen LogP contribution in [0.1, 0.15) is 53.3 Å². The van der Waals surface area contributed by atoms with E-state index in [1.165, 1.54) is 18.2 Å². The number of thiazole rings is 1. The number of ketones is 1. The first-order chi connectivity index (χ1) is 16.9. The normalized spacial score (nSPS) is 22.3. The molecule has 10 heteroatoms. The Balaban J connectivity index is 1.35. The molecule has 0 saturated heterocycles. The van der Waals surface area contributed by atoms with Crippen molar-refractivity contribution in [1.82, 2.24) is 25.0 Å². The van der Waals surface area contributed by atoms with Gasteiger partial charge in [0.25, 0.3) is 0 Å². The van der Waals surface area contributed by atoms with E-state index in [4.69, 9.17) is 5.73 Å². The second kappa shape index (κ2) is 9.71. The Bertz CT molecular complexity index is 1310. The smallest absolute Gasteiger partial charge is 0.186 e. The molecule has 0 unspecified atom stereocenters. The van der Waals surface area contributed by atoms with Crippen LogP contribution in [-0.4, -0.2) is 36.8 Å². The van der Waals surface area contributed by atoms with Crippen LogP contribution in [0.5, 0.6) is 0 Å². The SMILES string of the molecule is C[C@H]1C[C@@H](c2ccncc2CC(=O)c2csc(-c3c(F)cccc3F)n2)C[C@@H](N)[C@H]1n1ccnn1. The quantitative estimate of drug-likeness (QED) is 0.394. The van der Waals surface area contributed by atoms with Crippen LogP contribution in [0.2, 0.25) is 0 Å². The lowest BCUT2D eigenvalue weighted by Gasteiger charge is -2.39. The van der Waals surface area contributed by atoms with Gasteiger partial charge in [-0.2, -0.15) is 0 Å². The van der Waals surface area contributed by atoms with E-state index in [0.717, 1.165) is 35.3 Å². The predicted octanol–water partition coefficient (Wildman–Crippen LogP) is 4.58. The lowest BCUT2D eigenvalue weighted by molar-refractivity contribution is 0.0988. The van der Waals surface area contributed by atoms with Gasteiger partial charge in [-0.15, -0.1) is 16.4 Å². The molecule has 5 rings (SSSR count). The molecule has 2 N–H and O–H groups in total. The number of hydrogen-bond acceptors (Lipinski definition) is 7. The summed E-state index contributed by atoms with van der Waals surface area (Å²) in [5.74, 6) is -1.21. The number of carbonyl (C=O) groups excluding carboxylic acids is 1. The minimum atomic E-state index is -0.708. The summed E-state index contributed by atoms with van der Waals surface area (Å²) in [6.07, 6.45) is 8.65. The van der Waals surface area contributed by atoms with Crippen molar-refractivity contribution < 1.29 is 13.6 Å². The summed E-state index contributed by atoms with van der Waals surface area (Å²) in [6, 6.07) is 5.54. The third-order valence-corrected chi connectivity index (χ3v) is 7.54. The van der Waals surface area contributed by atoms with E-state index in [1.807, 2.05) is 16.9 Å². The standard InChI is InChI=1S/C25H24F2N6OS/c1-14-9-15(10-20(28)24(14)33-8-7-30-32-33)17-5-6-29-12-16(17)11-22(34)21-13-35-25(31-21)23-18(26)3-2-4-19(23)27/h2-8,12-15,20,24H,9-11,28H2,1H3/t14-,15+,20+,24-/m0/s1. The van der Waals surface area contributed by atoms with E-state index in [0.29, 0.717) is 0 Å². The lowest BCUT2D eigenvalue weighted by Crippen LogP contribution is -2.42. The van der Waals surface area contributed by atoms with Crippen molar-refractivity contribution in [3.8, 4) is 10.6 Å². The zero-order chi connectivity index (χ0) is 24.5. The Morgan fingerprint density at radius 3 is 2.71 bits per heavy atom. The van der Waals surface area contributed by atoms with Gasteiger partial charge in [-0.3, -0.25) is 9.78 Å². The summed E-state index contributed by atoms with van der Waals surface area (Å²) in [7, 11) is 0. The summed E-state index contributed by atoms with van der Waals surface area (Å²) in [6.45, 7) is 2.16. The fourth-order valence-electron chi connectivity index (χ4n) is 5.13. The molecule has 0 spiro atoms. The number of pyridine rings is 1. The summed E-state index contributed by atoms with van der Waals surface area (Å²) in [4.78, 5) is 21.6. The molecular weight excluding hydrogens is 470 g/mol. The van der Waals surface area contributed by atoms with E-state index in [-0.39, 0.29) is 52.4 Å². The number of halogens is 2. The third kappa shape index (κ3) is 4.63. The molecule has 4 atom stereocenters. The van der Waals surface area contributed by atoms with E-state index in [1.54, 1.807) is 24.0 Å². The second-order valence-corrected chi connectivity index (χ2v) is 9.85. The van der Waals surface area contributed by atoms with Crippen molar-refractivity contribution in [2.45, 2.75) is 44.2 Å². The van der Waals surface area contributed by atoms with Crippen LogP contribution < -0.4 is 5.73 Å². The minimum Gasteiger partial charge on any atom is -0.326 e. The van der Waals surface area contributed by atoms with Crippen LogP contribution in [0.3, 0.4) is 0 Å². The molecule has 1 saturated carbocycles. The fourth-order valence-corrected chi connectivity index (χ4v) is 6.00. The molecule has 1 fully saturated rings. The maximum Gasteiger partial charge on any atom is 0.186 e. The summed E-state index contributed by atoms with van der Waals surface area (Å²) in [5, 5.41) is 9.74. The van der Waals surface area contributed by atoms with Gasteiger partial charge in [-0.25, -0.2) is 18.4 Å². The van der Waals surface area contributed by atoms with Crippen molar-refractivity contribution in [1.29, 1.82) is 0 Å². The Kier molecular flexibility index (Phi) is 6.48. The van der Waals surface area contributed by atoms with E-state index in [9.17, 15) is 13.6 Å². The highest BCUT2D eigenvalue weighted by Crippen LogP contribution is 2.42. The molecule has 180 valence electrons. The summed E-state index contributed by atoms with van der Waals surface area (Å²) < 4.78 is 30.1. The first kappa shape index (κ1) is 23.4. The zero-order valence-electron chi connectivity index (χ0n) is 19.0. The molecule has 0 radical (unpaired) electrons. The van der Waals surface area contributed by atoms with Crippen molar-refractivity contribution in [3.63, 3.8) is 0 Å². The topological polar surface area (TPSA) is 99.6 Å². The molecular formula is C25H24F2N6OS. The zero-order valence-corrected chi connectivity index (χ0v) is 19.8.